The van der Waals surface area contributed by atoms with Crippen LogP contribution in [0.25, 0.3) is 5.52 Å². The normalized spacial score (nSPS) is 10.7. The molecule has 0 unspecified atom stereocenters. The average molecular weight is 188 g/mol. The van der Waals surface area contributed by atoms with E-state index in [1.165, 1.54) is 0 Å². The molecule has 72 valence electrons. The second-order valence-corrected chi connectivity index (χ2v) is 3.30. The van der Waals surface area contributed by atoms with Crippen molar-refractivity contribution >= 4 is 5.52 Å². The van der Waals surface area contributed by atoms with Gasteiger partial charge in [0, 0.05) is 23.3 Å². The molecule has 0 spiro atoms. The molecule has 14 heavy (non-hydrogen) atoms. The van der Waals surface area contributed by atoms with Gasteiger partial charge in [0.05, 0.1) is 0 Å². The van der Waals surface area contributed by atoms with Gasteiger partial charge < -0.3 is 5.73 Å². The first-order valence-electron chi connectivity index (χ1n) is 4.54. The minimum absolute atomic E-state index is 0.0110. The number of pyridine rings is 2. The molecule has 0 radical (unpaired) electrons. The number of aryl methyl sites for hydroxylation is 1. The first-order valence-corrected chi connectivity index (χ1v) is 4.54. The Kier molecular flexibility index (Phi) is 2.09. The number of rotatable bonds is 1. The van der Waals surface area contributed by atoms with E-state index in [2.05, 4.69) is 0 Å². The average Bonchev–Trinajstić information content (AvgIpc) is 2.18. The van der Waals surface area contributed by atoms with Crippen LogP contribution in [0.4, 0.5) is 0 Å². The van der Waals surface area contributed by atoms with E-state index < -0.39 is 0 Å². The Balaban J connectivity index is 2.94. The van der Waals surface area contributed by atoms with Crippen molar-refractivity contribution in [3.63, 3.8) is 0 Å². The summed E-state index contributed by atoms with van der Waals surface area (Å²) in [6.07, 6.45) is 0. The Morgan fingerprint density at radius 3 is 2.79 bits per heavy atom. The van der Waals surface area contributed by atoms with Crippen LogP contribution < -0.4 is 11.3 Å². The van der Waals surface area contributed by atoms with Crippen molar-refractivity contribution in [1.29, 1.82) is 0 Å². The maximum Gasteiger partial charge on any atom is 0.259 e. The summed E-state index contributed by atoms with van der Waals surface area (Å²) in [5, 5.41) is 0. The molecule has 0 aliphatic carbocycles. The lowest BCUT2D eigenvalue weighted by atomic mass is 10.2. The topological polar surface area (TPSA) is 47.5 Å². The predicted octanol–water partition coefficient (Wildman–Crippen LogP) is 1.07. The minimum atomic E-state index is -0.0110. The molecular weight excluding hydrogens is 176 g/mol. The van der Waals surface area contributed by atoms with E-state index in [0.717, 1.165) is 11.2 Å². The Morgan fingerprint density at radius 1 is 1.29 bits per heavy atom. The van der Waals surface area contributed by atoms with Crippen LogP contribution in [0, 0.1) is 6.92 Å². The lowest BCUT2D eigenvalue weighted by Gasteiger charge is -2.05. The molecule has 0 fully saturated rings. The number of aromatic nitrogens is 1. The van der Waals surface area contributed by atoms with Gasteiger partial charge in [-0.3, -0.25) is 9.20 Å². The SMILES string of the molecule is Cc1cccc2ccc(CN)c(=O)n12. The van der Waals surface area contributed by atoms with Crippen molar-refractivity contribution in [2.75, 3.05) is 0 Å². The number of nitrogens with two attached hydrogens (primary N) is 1. The Morgan fingerprint density at radius 2 is 2.07 bits per heavy atom. The van der Waals surface area contributed by atoms with Gasteiger partial charge in [-0.05, 0) is 25.1 Å². The highest BCUT2D eigenvalue weighted by Crippen LogP contribution is 2.04. The van der Waals surface area contributed by atoms with Crippen LogP contribution in [0.2, 0.25) is 0 Å². The van der Waals surface area contributed by atoms with E-state index >= 15 is 0 Å². The fourth-order valence-corrected chi connectivity index (χ4v) is 1.60. The number of nitrogens with zero attached hydrogens (tertiary/aromatic N) is 1. The molecule has 0 bridgehead atoms. The fraction of sp³-hybridized carbons (Fsp3) is 0.182. The maximum atomic E-state index is 11.9. The number of hydrogen-bond donors (Lipinski definition) is 1. The van der Waals surface area contributed by atoms with Crippen LogP contribution in [-0.2, 0) is 6.54 Å². The third-order valence-corrected chi connectivity index (χ3v) is 2.37. The van der Waals surface area contributed by atoms with E-state index in [1.807, 2.05) is 31.2 Å². The molecule has 0 aliphatic heterocycles. The predicted molar refractivity (Wildman–Crippen MR) is 56.3 cm³/mol. The summed E-state index contributed by atoms with van der Waals surface area (Å²) in [5.41, 5.74) is 7.96. The molecule has 0 saturated heterocycles. The van der Waals surface area contributed by atoms with Crippen molar-refractivity contribution in [1.82, 2.24) is 4.40 Å². The van der Waals surface area contributed by atoms with Gasteiger partial charge in [0.2, 0.25) is 0 Å². The van der Waals surface area contributed by atoms with Crippen molar-refractivity contribution < 1.29 is 0 Å². The van der Waals surface area contributed by atoms with Crippen molar-refractivity contribution in [3.05, 3.63) is 51.9 Å². The second-order valence-electron chi connectivity index (χ2n) is 3.30. The third kappa shape index (κ3) is 1.22. The van der Waals surface area contributed by atoms with Gasteiger partial charge in [0.15, 0.2) is 0 Å². The molecule has 3 heteroatoms. The summed E-state index contributed by atoms with van der Waals surface area (Å²) in [6.45, 7) is 2.20. The molecule has 2 aromatic rings. The maximum absolute atomic E-state index is 11.9. The lowest BCUT2D eigenvalue weighted by molar-refractivity contribution is 0.953. The Labute approximate surface area is 81.8 Å². The quantitative estimate of drug-likeness (QED) is 0.727. The Bertz CT molecular complexity index is 528. The van der Waals surface area contributed by atoms with Gasteiger partial charge in [0.25, 0.3) is 5.56 Å². The van der Waals surface area contributed by atoms with E-state index in [4.69, 9.17) is 5.73 Å². The molecule has 0 aromatic carbocycles. The highest BCUT2D eigenvalue weighted by atomic mass is 16.1. The third-order valence-electron chi connectivity index (χ3n) is 2.37. The summed E-state index contributed by atoms with van der Waals surface area (Å²) >= 11 is 0. The van der Waals surface area contributed by atoms with E-state index in [1.54, 1.807) is 10.5 Å². The molecule has 0 atom stereocenters. The number of fused-ring (bicyclic) bond motifs is 1. The summed E-state index contributed by atoms with van der Waals surface area (Å²) in [4.78, 5) is 11.9. The first-order chi connectivity index (χ1) is 6.74. The van der Waals surface area contributed by atoms with E-state index in [-0.39, 0.29) is 12.1 Å². The fourth-order valence-electron chi connectivity index (χ4n) is 1.60. The van der Waals surface area contributed by atoms with Crippen LogP contribution >= 0.6 is 0 Å². The van der Waals surface area contributed by atoms with Gasteiger partial charge in [-0.25, -0.2) is 0 Å². The van der Waals surface area contributed by atoms with Crippen LogP contribution in [0.5, 0.6) is 0 Å². The zero-order chi connectivity index (χ0) is 10.1. The standard InChI is InChI=1S/C11H12N2O/c1-8-3-2-4-10-6-5-9(7-12)11(14)13(8)10/h2-6H,7,12H2,1H3. The molecule has 2 aromatic heterocycles. The molecule has 0 saturated carbocycles. The van der Waals surface area contributed by atoms with Crippen LogP contribution in [0.3, 0.4) is 0 Å². The molecule has 3 nitrogen and oxygen atoms in total. The number of hydrogen-bond acceptors (Lipinski definition) is 2. The summed E-state index contributed by atoms with van der Waals surface area (Å²) in [6, 6.07) is 9.46. The monoisotopic (exact) mass is 188 g/mol. The minimum Gasteiger partial charge on any atom is -0.326 e. The second kappa shape index (κ2) is 3.27. The summed E-state index contributed by atoms with van der Waals surface area (Å²) in [7, 11) is 0. The molecule has 2 rings (SSSR count). The first kappa shape index (κ1) is 8.97. The largest absolute Gasteiger partial charge is 0.326 e. The summed E-state index contributed by atoms with van der Waals surface area (Å²) < 4.78 is 1.68. The van der Waals surface area contributed by atoms with Gasteiger partial charge in [-0.1, -0.05) is 12.1 Å². The summed E-state index contributed by atoms with van der Waals surface area (Å²) in [5.74, 6) is 0. The smallest absolute Gasteiger partial charge is 0.259 e. The molecule has 0 aliphatic rings. The van der Waals surface area contributed by atoms with Gasteiger partial charge in [-0.15, -0.1) is 0 Å². The highest BCUT2D eigenvalue weighted by molar-refractivity contribution is 5.48. The van der Waals surface area contributed by atoms with Crippen molar-refractivity contribution in [2.24, 2.45) is 5.73 Å². The van der Waals surface area contributed by atoms with Crippen LogP contribution in [-0.4, -0.2) is 4.40 Å². The molecule has 2 N–H and O–H groups in total. The van der Waals surface area contributed by atoms with E-state index in [0.29, 0.717) is 5.56 Å². The zero-order valence-corrected chi connectivity index (χ0v) is 8.03. The van der Waals surface area contributed by atoms with E-state index in [9.17, 15) is 4.79 Å². The van der Waals surface area contributed by atoms with Crippen LogP contribution in [0.1, 0.15) is 11.3 Å². The van der Waals surface area contributed by atoms with Crippen molar-refractivity contribution in [2.45, 2.75) is 13.5 Å². The van der Waals surface area contributed by atoms with Gasteiger partial charge in [-0.2, -0.15) is 0 Å². The molecular formula is C11H12N2O. The van der Waals surface area contributed by atoms with Crippen LogP contribution in [0.15, 0.2) is 35.1 Å². The van der Waals surface area contributed by atoms with Crippen molar-refractivity contribution in [3.8, 4) is 0 Å². The highest BCUT2D eigenvalue weighted by Gasteiger charge is 2.02. The van der Waals surface area contributed by atoms with Gasteiger partial charge in [0.1, 0.15) is 0 Å². The lowest BCUT2D eigenvalue weighted by Crippen LogP contribution is -2.21. The van der Waals surface area contributed by atoms with Gasteiger partial charge >= 0.3 is 0 Å². The molecule has 2 heterocycles. The zero-order valence-electron chi connectivity index (χ0n) is 8.03. The Hall–Kier alpha value is -1.61. The molecule has 0 amide bonds.